The summed E-state index contributed by atoms with van der Waals surface area (Å²) in [7, 11) is 0. The van der Waals surface area contributed by atoms with Crippen LogP contribution in [0.1, 0.15) is 63.7 Å². The first-order valence-corrected chi connectivity index (χ1v) is 23.6. The van der Waals surface area contributed by atoms with Gasteiger partial charge in [-0.05, 0) is 119 Å². The Balaban J connectivity index is 0.000000236. The number of carbonyl (C=O) groups is 4. The number of alkyl halides is 12. The number of aromatic hydroxyl groups is 4. The van der Waals surface area contributed by atoms with E-state index in [1.165, 1.54) is 97.1 Å². The molecule has 0 fully saturated rings. The van der Waals surface area contributed by atoms with Gasteiger partial charge in [-0.25, -0.2) is 0 Å². The molecule has 0 spiro atoms. The van der Waals surface area contributed by atoms with Gasteiger partial charge in [0.15, 0.2) is 0 Å². The zero-order valence-corrected chi connectivity index (χ0v) is 41.4. The molecule has 0 aliphatic heterocycles. The lowest BCUT2D eigenvalue weighted by Gasteiger charge is -2.38. The summed E-state index contributed by atoms with van der Waals surface area (Å²) in [5.74, 6) is -6.68. The molecule has 0 atom stereocenters. The Morgan fingerprint density at radius 1 is 0.268 bits per heavy atom. The fourth-order valence-corrected chi connectivity index (χ4v) is 8.58. The van der Waals surface area contributed by atoms with Gasteiger partial charge in [0.2, 0.25) is 10.8 Å². The number of carbonyl (C=O) groups excluding carboxylic acids is 4. The lowest BCUT2D eigenvalue weighted by atomic mass is 9.72. The summed E-state index contributed by atoms with van der Waals surface area (Å²) in [5, 5.41) is 49.4. The number of phenolic OH excluding ortho intramolecular Hbond substituents is 4. The van der Waals surface area contributed by atoms with Crippen molar-refractivity contribution in [1.29, 1.82) is 0 Å². The first-order chi connectivity index (χ1) is 38.5. The highest BCUT2D eigenvalue weighted by molar-refractivity contribution is 6.07. The molecule has 12 nitrogen and oxygen atoms in total. The van der Waals surface area contributed by atoms with Gasteiger partial charge in [-0.3, -0.25) is 19.2 Å². The molecule has 424 valence electrons. The number of rotatable bonds is 12. The minimum Gasteiger partial charge on any atom is -0.506 e. The van der Waals surface area contributed by atoms with Gasteiger partial charge >= 0.3 is 24.7 Å². The van der Waals surface area contributed by atoms with Crippen molar-refractivity contribution in [3.63, 3.8) is 0 Å². The van der Waals surface area contributed by atoms with E-state index in [1.54, 1.807) is 24.3 Å². The molecule has 0 aromatic heterocycles. The Morgan fingerprint density at radius 3 is 0.598 bits per heavy atom. The van der Waals surface area contributed by atoms with Crippen LogP contribution in [0.3, 0.4) is 0 Å². The summed E-state index contributed by atoms with van der Waals surface area (Å²) < 4.78 is 177. The molecule has 0 radical (unpaired) electrons. The molecule has 0 unspecified atom stereocenters. The number of amides is 4. The number of phenols is 4. The maximum Gasteiger partial charge on any atom is 0.411 e. The molecule has 4 amide bonds. The standard InChI is InChI=1S/2C29H20F6N2O4/c2*30-28(31,32)27(29(33,34)35,19-11-13-23(38)21(15-19)36-25(40)17-7-3-1-4-8-17)20-12-14-24(39)22(16-20)37-26(41)18-9-5-2-6-10-18/h2*1-16,38-39H,(H,36,40)(H,37,41). The van der Waals surface area contributed by atoms with Gasteiger partial charge in [-0.1, -0.05) is 97.1 Å². The summed E-state index contributed by atoms with van der Waals surface area (Å²) in [4.78, 5) is 50.2. The minimum absolute atomic E-state index is 0.0348. The van der Waals surface area contributed by atoms with E-state index < -0.39 is 127 Å². The predicted octanol–water partition coefficient (Wildman–Crippen LogP) is 14.0. The zero-order chi connectivity index (χ0) is 60.0. The molecule has 0 saturated heterocycles. The van der Waals surface area contributed by atoms with E-state index in [0.717, 1.165) is 0 Å². The van der Waals surface area contributed by atoms with E-state index in [9.17, 15) is 92.3 Å². The summed E-state index contributed by atoms with van der Waals surface area (Å²) in [6.07, 6.45) is -24.1. The summed E-state index contributed by atoms with van der Waals surface area (Å²) in [5.41, 5.74) is -17.6. The number of hydrogen-bond acceptors (Lipinski definition) is 8. The quantitative estimate of drug-likeness (QED) is 0.0437. The largest absolute Gasteiger partial charge is 0.506 e. The highest BCUT2D eigenvalue weighted by atomic mass is 19.4. The molecule has 0 aliphatic carbocycles. The Kier molecular flexibility index (Phi) is 17.0. The predicted molar refractivity (Wildman–Crippen MR) is 276 cm³/mol. The number of hydrogen-bond donors (Lipinski definition) is 8. The van der Waals surface area contributed by atoms with Gasteiger partial charge in [0.25, 0.3) is 23.6 Å². The van der Waals surface area contributed by atoms with Crippen LogP contribution in [0.5, 0.6) is 23.0 Å². The maximum absolute atomic E-state index is 14.7. The first-order valence-electron chi connectivity index (χ1n) is 23.6. The van der Waals surface area contributed by atoms with E-state index in [0.29, 0.717) is 72.8 Å². The molecular formula is C58H40F12N4O8. The van der Waals surface area contributed by atoms with Crippen LogP contribution in [0.15, 0.2) is 194 Å². The van der Waals surface area contributed by atoms with Crippen molar-refractivity contribution in [3.05, 3.63) is 239 Å². The second-order valence-corrected chi connectivity index (χ2v) is 17.7. The highest BCUT2D eigenvalue weighted by Gasteiger charge is 2.74. The Labute approximate surface area is 455 Å². The van der Waals surface area contributed by atoms with Crippen LogP contribution in [0.25, 0.3) is 0 Å². The number of anilines is 4. The van der Waals surface area contributed by atoms with Gasteiger partial charge in [0.1, 0.15) is 23.0 Å². The van der Waals surface area contributed by atoms with Crippen LogP contribution in [-0.2, 0) is 10.8 Å². The van der Waals surface area contributed by atoms with Gasteiger partial charge < -0.3 is 41.7 Å². The molecule has 8 rings (SSSR count). The summed E-state index contributed by atoms with van der Waals surface area (Å²) in [6, 6.07) is 34.7. The van der Waals surface area contributed by atoms with Crippen molar-refractivity contribution in [2.45, 2.75) is 35.5 Å². The monoisotopic (exact) mass is 1150 g/mol. The third kappa shape index (κ3) is 12.1. The normalized spacial score (nSPS) is 12.0. The number of benzene rings is 8. The Hall–Kier alpha value is -10.0. The molecule has 8 N–H and O–H groups in total. The smallest absolute Gasteiger partial charge is 0.411 e. The number of nitrogens with one attached hydrogen (secondary N) is 4. The van der Waals surface area contributed by atoms with E-state index in [2.05, 4.69) is 21.3 Å². The molecule has 0 heterocycles. The average Bonchev–Trinajstić information content (AvgIpc) is 1.29. The van der Waals surface area contributed by atoms with E-state index in [-0.39, 0.29) is 22.3 Å². The Bertz CT molecular complexity index is 3140. The number of halogens is 12. The summed E-state index contributed by atoms with van der Waals surface area (Å²) in [6.45, 7) is 0. The van der Waals surface area contributed by atoms with Crippen molar-refractivity contribution < 1.29 is 92.3 Å². The van der Waals surface area contributed by atoms with Crippen molar-refractivity contribution in [2.24, 2.45) is 0 Å². The van der Waals surface area contributed by atoms with Gasteiger partial charge in [0, 0.05) is 22.3 Å². The van der Waals surface area contributed by atoms with Crippen molar-refractivity contribution in [3.8, 4) is 23.0 Å². The second kappa shape index (κ2) is 23.4. The van der Waals surface area contributed by atoms with E-state index >= 15 is 0 Å². The molecule has 8 aromatic carbocycles. The van der Waals surface area contributed by atoms with Gasteiger partial charge in [0.05, 0.1) is 22.7 Å². The van der Waals surface area contributed by atoms with Crippen LogP contribution in [0.2, 0.25) is 0 Å². The maximum atomic E-state index is 14.7. The highest BCUT2D eigenvalue weighted by Crippen LogP contribution is 2.59. The van der Waals surface area contributed by atoms with Gasteiger partial charge in [-0.2, -0.15) is 52.7 Å². The third-order valence-corrected chi connectivity index (χ3v) is 12.6. The lowest BCUT2D eigenvalue weighted by molar-refractivity contribution is -0.290. The van der Waals surface area contributed by atoms with Gasteiger partial charge in [-0.15, -0.1) is 0 Å². The van der Waals surface area contributed by atoms with Crippen LogP contribution >= 0.6 is 0 Å². The first kappa shape index (κ1) is 59.7. The zero-order valence-electron chi connectivity index (χ0n) is 41.4. The molecular weight excluding hydrogens is 1110 g/mol. The van der Waals surface area contributed by atoms with Crippen LogP contribution in [0, 0.1) is 0 Å². The fourth-order valence-electron chi connectivity index (χ4n) is 8.58. The van der Waals surface area contributed by atoms with Crippen molar-refractivity contribution in [1.82, 2.24) is 0 Å². The second-order valence-electron chi connectivity index (χ2n) is 17.7. The topological polar surface area (TPSA) is 197 Å². The average molecular weight is 1150 g/mol. The molecule has 0 aliphatic rings. The minimum atomic E-state index is -6.03. The van der Waals surface area contributed by atoms with Crippen molar-refractivity contribution >= 4 is 46.4 Å². The van der Waals surface area contributed by atoms with Crippen LogP contribution in [-0.4, -0.2) is 68.8 Å². The Morgan fingerprint density at radius 2 is 0.439 bits per heavy atom. The van der Waals surface area contributed by atoms with Crippen LogP contribution in [0.4, 0.5) is 75.4 Å². The summed E-state index contributed by atoms with van der Waals surface area (Å²) >= 11 is 0. The fraction of sp³-hybridized carbons (Fsp3) is 0.103. The molecule has 82 heavy (non-hydrogen) atoms. The molecule has 8 aromatic rings. The van der Waals surface area contributed by atoms with E-state index in [4.69, 9.17) is 0 Å². The molecule has 24 heteroatoms. The third-order valence-electron chi connectivity index (χ3n) is 12.6. The lowest BCUT2D eigenvalue weighted by Crippen LogP contribution is -2.54. The molecule has 0 bridgehead atoms. The van der Waals surface area contributed by atoms with Crippen LogP contribution < -0.4 is 21.3 Å². The molecule has 0 saturated carbocycles. The van der Waals surface area contributed by atoms with Crippen molar-refractivity contribution in [2.75, 3.05) is 21.3 Å². The van der Waals surface area contributed by atoms with E-state index in [1.807, 2.05) is 0 Å². The SMILES string of the molecule is O=C(Nc1cc(C(c2ccc(O)c(NC(=O)c3ccccc3)c2)(C(F)(F)F)C(F)(F)F)ccc1O)c1ccccc1.O=C(Nc1cc(C(c2ccc(O)c(NC(=O)c3ccccc3)c2)(C(F)(F)F)C(F)(F)F)ccc1O)c1ccccc1.